The lowest BCUT2D eigenvalue weighted by atomic mass is 10.1. The summed E-state index contributed by atoms with van der Waals surface area (Å²) < 4.78 is 16.1. The lowest BCUT2D eigenvalue weighted by Crippen LogP contribution is -2.18. The van der Waals surface area contributed by atoms with Crippen LogP contribution >= 0.6 is 58.0 Å². The van der Waals surface area contributed by atoms with E-state index in [0.29, 0.717) is 38.6 Å². The molecule has 0 saturated heterocycles. The number of carbonyl (C=O) groups excluding carboxylic acids is 1. The molecule has 1 amide bonds. The van der Waals surface area contributed by atoms with Crippen molar-refractivity contribution in [2.75, 3.05) is 25.6 Å². The average molecular weight is 515 g/mol. The molecule has 0 heterocycles. The monoisotopic (exact) mass is 512 g/mol. The van der Waals surface area contributed by atoms with Crippen molar-refractivity contribution in [3.8, 4) is 5.75 Å². The highest BCUT2D eigenvalue weighted by Gasteiger charge is 2.67. The van der Waals surface area contributed by atoms with E-state index >= 15 is 0 Å². The maximum Gasteiger partial charge on any atom is 0.231 e. The fraction of sp³-hybridized carbons (Fsp3) is 0.350. The highest BCUT2D eigenvalue weighted by molar-refractivity contribution is 6.53. The van der Waals surface area contributed by atoms with Gasteiger partial charge in [0.05, 0.1) is 23.1 Å². The highest BCUT2D eigenvalue weighted by atomic mass is 35.5. The van der Waals surface area contributed by atoms with Gasteiger partial charge < -0.3 is 15.4 Å². The summed E-state index contributed by atoms with van der Waals surface area (Å²) in [5.41, 5.74) is 1.90. The Morgan fingerprint density at radius 2 is 1.80 bits per heavy atom. The largest absolute Gasteiger partial charge is 0.494 e. The molecule has 2 aromatic carbocycles. The number of benzene rings is 2. The van der Waals surface area contributed by atoms with Crippen LogP contribution in [0.4, 0.5) is 10.1 Å². The van der Waals surface area contributed by atoms with Crippen molar-refractivity contribution in [2.24, 2.45) is 5.92 Å². The van der Waals surface area contributed by atoms with Crippen LogP contribution in [0.15, 0.2) is 30.3 Å². The number of ether oxygens (including phenoxy) is 1. The normalized spacial score (nSPS) is 19.4. The number of anilines is 1. The summed E-state index contributed by atoms with van der Waals surface area (Å²) >= 11 is 31.4. The molecule has 162 valence electrons. The molecule has 0 spiro atoms. The molecule has 1 fully saturated rings. The quantitative estimate of drug-likeness (QED) is 0.324. The van der Waals surface area contributed by atoms with Crippen molar-refractivity contribution in [1.82, 2.24) is 5.32 Å². The number of amides is 1. The molecule has 2 N–H and O–H groups in total. The van der Waals surface area contributed by atoms with Crippen LogP contribution in [0.3, 0.4) is 0 Å². The summed E-state index contributed by atoms with van der Waals surface area (Å²) in [5, 5.41) is 6.85. The Morgan fingerprint density at radius 1 is 1.13 bits per heavy atom. The van der Waals surface area contributed by atoms with E-state index in [-0.39, 0.29) is 12.5 Å². The number of alkyl halides is 3. The van der Waals surface area contributed by atoms with Gasteiger partial charge in [0.1, 0.15) is 11.0 Å². The van der Waals surface area contributed by atoms with Crippen LogP contribution in [-0.4, -0.2) is 30.6 Å². The second kappa shape index (κ2) is 9.68. The van der Waals surface area contributed by atoms with Gasteiger partial charge in [-0.05, 0) is 41.5 Å². The summed E-state index contributed by atoms with van der Waals surface area (Å²) in [6.45, 7) is 0.102. The third kappa shape index (κ3) is 4.93. The topological polar surface area (TPSA) is 50.4 Å². The smallest absolute Gasteiger partial charge is 0.231 e. The zero-order chi connectivity index (χ0) is 22.1. The van der Waals surface area contributed by atoms with Gasteiger partial charge in [0, 0.05) is 29.7 Å². The molecule has 0 radical (unpaired) electrons. The summed E-state index contributed by atoms with van der Waals surface area (Å²) in [6.07, 6.45) is 0. The molecule has 2 unspecified atom stereocenters. The molecule has 0 aromatic heterocycles. The number of hydrogen-bond acceptors (Lipinski definition) is 3. The summed E-state index contributed by atoms with van der Waals surface area (Å²) in [7, 11) is 1.46. The first kappa shape index (κ1) is 23.7. The minimum Gasteiger partial charge on any atom is -0.494 e. The Bertz CT molecular complexity index is 934. The van der Waals surface area contributed by atoms with Gasteiger partial charge in [0.25, 0.3) is 0 Å². The Labute approximate surface area is 198 Å². The molecule has 0 bridgehead atoms. The molecule has 1 saturated carbocycles. The Balaban J connectivity index is 1.76. The van der Waals surface area contributed by atoms with Gasteiger partial charge in [-0.2, -0.15) is 0 Å². The number of carbonyl (C=O) groups is 1. The van der Waals surface area contributed by atoms with Gasteiger partial charge in [-0.1, -0.05) is 34.8 Å². The van der Waals surface area contributed by atoms with E-state index in [1.165, 1.54) is 7.11 Å². The van der Waals surface area contributed by atoms with Gasteiger partial charge >= 0.3 is 0 Å². The summed E-state index contributed by atoms with van der Waals surface area (Å²) in [6, 6.07) is 8.32. The molecule has 1 aliphatic rings. The van der Waals surface area contributed by atoms with Gasteiger partial charge in [0.15, 0.2) is 5.75 Å². The molecule has 3 rings (SSSR count). The minimum absolute atomic E-state index is 0.213. The molecule has 2 atom stereocenters. The molecule has 2 aromatic rings. The van der Waals surface area contributed by atoms with Crippen molar-refractivity contribution < 1.29 is 13.9 Å². The van der Waals surface area contributed by atoms with Crippen LogP contribution in [0, 0.1) is 5.92 Å². The lowest BCUT2D eigenvalue weighted by molar-refractivity contribution is -0.117. The summed E-state index contributed by atoms with van der Waals surface area (Å²) in [4.78, 5) is 12.9. The van der Waals surface area contributed by atoms with E-state index in [2.05, 4.69) is 10.6 Å². The standard InChI is InChI=1S/C20H18Cl5FN2O2/c1-30-18-14(22)7-10(8-15(18)23)16-17(20(16,24)25)19(29)28-12-2-3-13(21)11(6-12)9-27-5-4-26/h2-3,6-8,16-17,27H,4-5,9H2,1H3,(H,28,29). The van der Waals surface area contributed by atoms with E-state index < -0.39 is 22.8 Å². The Kier molecular flexibility index (Phi) is 7.65. The number of rotatable bonds is 8. The fourth-order valence-electron chi connectivity index (χ4n) is 3.32. The van der Waals surface area contributed by atoms with Crippen LogP contribution in [0.5, 0.6) is 5.75 Å². The number of hydrogen-bond donors (Lipinski definition) is 2. The Hall–Kier alpha value is -0.950. The number of nitrogens with one attached hydrogen (secondary N) is 2. The second-order valence-electron chi connectivity index (χ2n) is 6.81. The molecule has 0 aliphatic heterocycles. The zero-order valence-electron chi connectivity index (χ0n) is 15.7. The van der Waals surface area contributed by atoms with E-state index in [0.717, 1.165) is 5.56 Å². The molecule has 30 heavy (non-hydrogen) atoms. The molecule has 4 nitrogen and oxygen atoms in total. The first-order chi connectivity index (χ1) is 14.2. The third-order valence-electron chi connectivity index (χ3n) is 4.82. The second-order valence-corrected chi connectivity index (χ2v) is 9.47. The maximum absolute atomic E-state index is 12.9. The minimum atomic E-state index is -1.30. The van der Waals surface area contributed by atoms with E-state index in [1.54, 1.807) is 30.3 Å². The van der Waals surface area contributed by atoms with Crippen molar-refractivity contribution in [1.29, 1.82) is 0 Å². The Morgan fingerprint density at radius 3 is 2.40 bits per heavy atom. The van der Waals surface area contributed by atoms with Gasteiger partial charge in [-0.25, -0.2) is 4.39 Å². The maximum atomic E-state index is 12.9. The van der Waals surface area contributed by atoms with Gasteiger partial charge in [0.2, 0.25) is 5.91 Å². The summed E-state index contributed by atoms with van der Waals surface area (Å²) in [5.74, 6) is -1.20. The van der Waals surface area contributed by atoms with Crippen LogP contribution < -0.4 is 15.4 Å². The number of halogens is 6. The molecular formula is C20H18Cl5FN2O2. The van der Waals surface area contributed by atoms with Crippen LogP contribution in [0.2, 0.25) is 15.1 Å². The molecule has 10 heteroatoms. The SMILES string of the molecule is COc1c(Cl)cc(C2C(C(=O)Nc3ccc(Cl)c(CNCCF)c3)C2(Cl)Cl)cc1Cl. The van der Waals surface area contributed by atoms with Gasteiger partial charge in [-0.3, -0.25) is 4.79 Å². The zero-order valence-corrected chi connectivity index (χ0v) is 19.5. The highest BCUT2D eigenvalue weighted by Crippen LogP contribution is 2.65. The third-order valence-corrected chi connectivity index (χ3v) is 6.69. The lowest BCUT2D eigenvalue weighted by Gasteiger charge is -2.10. The van der Waals surface area contributed by atoms with Crippen LogP contribution in [0.25, 0.3) is 0 Å². The first-order valence-corrected chi connectivity index (χ1v) is 10.9. The van der Waals surface area contributed by atoms with E-state index in [9.17, 15) is 9.18 Å². The van der Waals surface area contributed by atoms with Crippen molar-refractivity contribution in [2.45, 2.75) is 16.8 Å². The van der Waals surface area contributed by atoms with E-state index in [1.807, 2.05) is 0 Å². The van der Waals surface area contributed by atoms with Crippen LogP contribution in [0.1, 0.15) is 17.0 Å². The van der Waals surface area contributed by atoms with Crippen molar-refractivity contribution in [3.63, 3.8) is 0 Å². The first-order valence-electron chi connectivity index (χ1n) is 8.97. The molecule has 1 aliphatic carbocycles. The number of methoxy groups -OCH3 is 1. The van der Waals surface area contributed by atoms with Crippen LogP contribution in [-0.2, 0) is 11.3 Å². The van der Waals surface area contributed by atoms with Crippen molar-refractivity contribution >= 4 is 69.6 Å². The van der Waals surface area contributed by atoms with Gasteiger partial charge in [-0.15, -0.1) is 23.2 Å². The van der Waals surface area contributed by atoms with E-state index in [4.69, 9.17) is 62.7 Å². The fourth-order valence-corrected chi connectivity index (χ4v) is 4.99. The predicted molar refractivity (Wildman–Crippen MR) is 121 cm³/mol. The average Bonchev–Trinajstić information content (AvgIpc) is 3.26. The van der Waals surface area contributed by atoms with Crippen molar-refractivity contribution in [3.05, 3.63) is 56.5 Å². The molecular weight excluding hydrogens is 496 g/mol. The predicted octanol–water partition coefficient (Wildman–Crippen LogP) is 6.24.